The molecule has 4 heteroatoms. The molecule has 0 saturated carbocycles. The Morgan fingerprint density at radius 1 is 1.13 bits per heavy atom. The number of nitrogens with zero attached hydrogens (tertiary/aromatic N) is 1. The number of ether oxygens (including phenoxy) is 1. The largest absolute Gasteiger partial charge is 0.475 e. The molecule has 0 N–H and O–H groups in total. The average Bonchev–Trinajstić information content (AvgIpc) is 3.05. The summed E-state index contributed by atoms with van der Waals surface area (Å²) in [6, 6.07) is 15.6. The Labute approximate surface area is 139 Å². The van der Waals surface area contributed by atoms with E-state index in [-0.39, 0.29) is 6.04 Å². The minimum Gasteiger partial charge on any atom is -0.475 e. The van der Waals surface area contributed by atoms with Crippen LogP contribution in [0.4, 0.5) is 0 Å². The van der Waals surface area contributed by atoms with Crippen LogP contribution in [0.25, 0.3) is 0 Å². The lowest BCUT2D eigenvalue weighted by molar-refractivity contribution is 0.291. The highest BCUT2D eigenvalue weighted by atomic mass is 32.2. The zero-order chi connectivity index (χ0) is 16.4. The molecule has 2 aromatic rings. The van der Waals surface area contributed by atoms with E-state index >= 15 is 0 Å². The summed E-state index contributed by atoms with van der Waals surface area (Å²) in [6.07, 6.45) is 0. The number of hydrogen-bond acceptors (Lipinski definition) is 3. The van der Waals surface area contributed by atoms with Crippen molar-refractivity contribution in [3.05, 3.63) is 59.7 Å². The molecule has 2 atom stereocenters. The minimum absolute atomic E-state index is 0.172. The number of benzene rings is 2. The van der Waals surface area contributed by atoms with Gasteiger partial charge in [0, 0.05) is 4.90 Å². The van der Waals surface area contributed by atoms with Crippen molar-refractivity contribution < 1.29 is 8.95 Å². The summed E-state index contributed by atoms with van der Waals surface area (Å²) >= 11 is 0. The highest BCUT2D eigenvalue weighted by molar-refractivity contribution is 7.85. The van der Waals surface area contributed by atoms with Crippen LogP contribution in [0, 0.1) is 12.8 Å². The van der Waals surface area contributed by atoms with Gasteiger partial charge in [0.1, 0.15) is 6.61 Å². The molecule has 1 unspecified atom stereocenters. The van der Waals surface area contributed by atoms with E-state index in [1.165, 1.54) is 0 Å². The van der Waals surface area contributed by atoms with Crippen LogP contribution in [0.5, 0.6) is 0 Å². The van der Waals surface area contributed by atoms with Gasteiger partial charge in [-0.15, -0.1) is 0 Å². The molecule has 3 rings (SSSR count). The summed E-state index contributed by atoms with van der Waals surface area (Å²) in [5.41, 5.74) is 1.98. The van der Waals surface area contributed by atoms with Crippen LogP contribution in [0.3, 0.4) is 0 Å². The standard InChI is InChI=1S/C19H21NO2S/c1-13(2)17-12-22-19(20-17)16-6-4-5-7-18(16)23(21)15-10-8-14(3)9-11-15/h4-11,13,17H,12H2,1-3H3/t17?,23-/m1/s1. The van der Waals surface area contributed by atoms with Crippen LogP contribution in [0.1, 0.15) is 25.0 Å². The van der Waals surface area contributed by atoms with E-state index in [1.54, 1.807) is 0 Å². The molecule has 0 saturated heterocycles. The average molecular weight is 327 g/mol. The van der Waals surface area contributed by atoms with Crippen molar-refractivity contribution in [3.63, 3.8) is 0 Å². The first-order valence-electron chi connectivity index (χ1n) is 7.84. The topological polar surface area (TPSA) is 38.7 Å². The Bertz CT molecular complexity index is 750. The maximum atomic E-state index is 13.0. The molecule has 3 nitrogen and oxygen atoms in total. The first-order chi connectivity index (χ1) is 11.1. The number of hydrogen-bond donors (Lipinski definition) is 0. The summed E-state index contributed by atoms with van der Waals surface area (Å²) in [5.74, 6) is 1.04. The quantitative estimate of drug-likeness (QED) is 0.852. The molecule has 0 bridgehead atoms. The molecule has 1 aliphatic rings. The fourth-order valence-corrected chi connectivity index (χ4v) is 3.67. The lowest BCUT2D eigenvalue weighted by atomic mass is 10.1. The van der Waals surface area contributed by atoms with Crippen molar-refractivity contribution in [1.82, 2.24) is 0 Å². The second kappa shape index (κ2) is 6.67. The lowest BCUT2D eigenvalue weighted by Gasteiger charge is -2.09. The summed E-state index contributed by atoms with van der Waals surface area (Å²) in [5, 5.41) is 0. The Morgan fingerprint density at radius 2 is 1.83 bits per heavy atom. The molecule has 0 amide bonds. The van der Waals surface area contributed by atoms with E-state index in [4.69, 9.17) is 4.74 Å². The predicted molar refractivity (Wildman–Crippen MR) is 93.4 cm³/mol. The van der Waals surface area contributed by atoms with Gasteiger partial charge >= 0.3 is 0 Å². The van der Waals surface area contributed by atoms with Crippen LogP contribution < -0.4 is 0 Å². The van der Waals surface area contributed by atoms with Gasteiger partial charge in [-0.05, 0) is 37.1 Å². The first kappa shape index (κ1) is 15.9. The Balaban J connectivity index is 1.97. The molecular weight excluding hydrogens is 306 g/mol. The van der Waals surface area contributed by atoms with E-state index in [0.717, 1.165) is 20.9 Å². The van der Waals surface area contributed by atoms with Crippen molar-refractivity contribution in [1.29, 1.82) is 0 Å². The van der Waals surface area contributed by atoms with Crippen molar-refractivity contribution in [3.8, 4) is 0 Å². The number of rotatable bonds is 4. The Kier molecular flexibility index (Phi) is 4.62. The molecule has 0 radical (unpaired) electrons. The van der Waals surface area contributed by atoms with Crippen LogP contribution >= 0.6 is 0 Å². The Morgan fingerprint density at radius 3 is 2.48 bits per heavy atom. The molecule has 23 heavy (non-hydrogen) atoms. The third-order valence-corrected chi connectivity index (χ3v) is 5.45. The SMILES string of the molecule is Cc1ccc([S@@](=O)c2ccccc2C2=NC(C(C)C)CO2)cc1. The first-order valence-corrected chi connectivity index (χ1v) is 8.99. The van der Waals surface area contributed by atoms with Crippen molar-refractivity contribution in [2.75, 3.05) is 6.61 Å². The van der Waals surface area contributed by atoms with Crippen LogP contribution in [0.2, 0.25) is 0 Å². The molecule has 1 heterocycles. The third-order valence-electron chi connectivity index (χ3n) is 4.00. The monoisotopic (exact) mass is 327 g/mol. The number of aryl methyl sites for hydroxylation is 1. The van der Waals surface area contributed by atoms with E-state index in [9.17, 15) is 4.21 Å². The van der Waals surface area contributed by atoms with Gasteiger partial charge in [-0.3, -0.25) is 0 Å². The van der Waals surface area contributed by atoms with E-state index in [1.807, 2.05) is 55.5 Å². The van der Waals surface area contributed by atoms with Crippen LogP contribution in [-0.4, -0.2) is 22.8 Å². The van der Waals surface area contributed by atoms with Gasteiger partial charge in [-0.2, -0.15) is 0 Å². The summed E-state index contributed by atoms with van der Waals surface area (Å²) in [7, 11) is -1.25. The fourth-order valence-electron chi connectivity index (χ4n) is 2.47. The summed E-state index contributed by atoms with van der Waals surface area (Å²) in [4.78, 5) is 6.21. The van der Waals surface area contributed by atoms with E-state index in [2.05, 4.69) is 18.8 Å². The third kappa shape index (κ3) is 3.37. The highest BCUT2D eigenvalue weighted by Gasteiger charge is 2.25. The molecule has 0 spiro atoms. The maximum Gasteiger partial charge on any atom is 0.217 e. The van der Waals surface area contributed by atoms with Crippen molar-refractivity contribution in [2.45, 2.75) is 36.6 Å². The summed E-state index contributed by atoms with van der Waals surface area (Å²) in [6.45, 7) is 6.89. The van der Waals surface area contributed by atoms with Gasteiger partial charge < -0.3 is 4.74 Å². The zero-order valence-corrected chi connectivity index (χ0v) is 14.5. The van der Waals surface area contributed by atoms with Gasteiger partial charge in [0.25, 0.3) is 0 Å². The second-order valence-electron chi connectivity index (χ2n) is 6.13. The smallest absolute Gasteiger partial charge is 0.217 e. The van der Waals surface area contributed by atoms with Crippen LogP contribution in [0.15, 0.2) is 63.3 Å². The summed E-state index contributed by atoms with van der Waals surface area (Å²) < 4.78 is 18.7. The molecule has 0 fully saturated rings. The zero-order valence-electron chi connectivity index (χ0n) is 13.7. The fraction of sp³-hybridized carbons (Fsp3) is 0.316. The van der Waals surface area contributed by atoms with Gasteiger partial charge in [0.15, 0.2) is 0 Å². The molecule has 2 aromatic carbocycles. The lowest BCUT2D eigenvalue weighted by Crippen LogP contribution is -2.13. The molecule has 1 aliphatic heterocycles. The predicted octanol–water partition coefficient (Wildman–Crippen LogP) is 3.96. The van der Waals surface area contributed by atoms with E-state index in [0.29, 0.717) is 18.4 Å². The Hall–Kier alpha value is -1.94. The molecule has 120 valence electrons. The van der Waals surface area contributed by atoms with E-state index < -0.39 is 10.8 Å². The second-order valence-corrected chi connectivity index (χ2v) is 7.58. The number of aliphatic imine (C=N–C) groups is 1. The normalized spacial score (nSPS) is 18.6. The highest BCUT2D eigenvalue weighted by Crippen LogP contribution is 2.25. The van der Waals surface area contributed by atoms with Gasteiger partial charge in [0.2, 0.25) is 5.90 Å². The van der Waals surface area contributed by atoms with Gasteiger partial charge in [0.05, 0.1) is 27.3 Å². The van der Waals surface area contributed by atoms with Gasteiger partial charge in [-0.1, -0.05) is 43.7 Å². The molecule has 0 aliphatic carbocycles. The van der Waals surface area contributed by atoms with Crippen molar-refractivity contribution in [2.24, 2.45) is 10.9 Å². The van der Waals surface area contributed by atoms with Gasteiger partial charge in [-0.25, -0.2) is 9.20 Å². The molecular formula is C19H21NO2S. The minimum atomic E-state index is -1.25. The van der Waals surface area contributed by atoms with Crippen LogP contribution in [-0.2, 0) is 15.5 Å². The maximum absolute atomic E-state index is 13.0. The molecule has 0 aromatic heterocycles. The van der Waals surface area contributed by atoms with Crippen molar-refractivity contribution >= 4 is 16.7 Å².